The largest absolute Gasteiger partial charge is 0.480 e. The van der Waals surface area contributed by atoms with Crippen molar-refractivity contribution in [3.05, 3.63) is 40.9 Å². The second-order valence-corrected chi connectivity index (χ2v) is 4.42. The van der Waals surface area contributed by atoms with Crippen molar-refractivity contribution in [2.45, 2.75) is 13.3 Å². The minimum Gasteiger partial charge on any atom is -0.480 e. The number of amides is 1. The zero-order valence-electron chi connectivity index (χ0n) is 10.7. The van der Waals surface area contributed by atoms with Crippen molar-refractivity contribution >= 4 is 29.6 Å². The van der Waals surface area contributed by atoms with Crippen LogP contribution < -0.4 is 0 Å². The van der Waals surface area contributed by atoms with E-state index in [1.165, 1.54) is 11.0 Å². The molecule has 0 heterocycles. The van der Waals surface area contributed by atoms with E-state index in [4.69, 9.17) is 16.7 Å². The van der Waals surface area contributed by atoms with Gasteiger partial charge in [-0.1, -0.05) is 36.7 Å². The number of hydrogen-bond donors (Lipinski definition) is 1. The molecule has 0 fully saturated rings. The van der Waals surface area contributed by atoms with Gasteiger partial charge in [0.05, 0.1) is 0 Å². The van der Waals surface area contributed by atoms with Crippen LogP contribution in [0.1, 0.15) is 18.9 Å². The van der Waals surface area contributed by atoms with Gasteiger partial charge in [0.15, 0.2) is 0 Å². The molecule has 0 spiro atoms. The fraction of sp³-hybridized carbons (Fsp3) is 0.286. The summed E-state index contributed by atoms with van der Waals surface area (Å²) in [5, 5.41) is 9.30. The Labute approximate surface area is 117 Å². The Balaban J connectivity index is 2.76. The molecule has 1 aromatic rings. The third-order valence-electron chi connectivity index (χ3n) is 2.44. The van der Waals surface area contributed by atoms with Crippen LogP contribution in [0.25, 0.3) is 6.08 Å². The third kappa shape index (κ3) is 5.14. The summed E-state index contributed by atoms with van der Waals surface area (Å²) < 4.78 is 0. The van der Waals surface area contributed by atoms with E-state index in [1.807, 2.05) is 13.0 Å². The monoisotopic (exact) mass is 281 g/mol. The first kappa shape index (κ1) is 15.2. The lowest BCUT2D eigenvalue weighted by Gasteiger charge is -2.17. The Morgan fingerprint density at radius 3 is 2.63 bits per heavy atom. The van der Waals surface area contributed by atoms with E-state index < -0.39 is 5.97 Å². The molecule has 0 aliphatic heterocycles. The van der Waals surface area contributed by atoms with E-state index >= 15 is 0 Å². The lowest BCUT2D eigenvalue weighted by atomic mass is 10.2. The van der Waals surface area contributed by atoms with Crippen LogP contribution in [0.5, 0.6) is 0 Å². The summed E-state index contributed by atoms with van der Waals surface area (Å²) in [7, 11) is 0. The Morgan fingerprint density at radius 1 is 1.37 bits per heavy atom. The molecule has 0 radical (unpaired) electrons. The predicted molar refractivity (Wildman–Crippen MR) is 75.0 cm³/mol. The maximum absolute atomic E-state index is 11.9. The van der Waals surface area contributed by atoms with Crippen LogP contribution in [0.3, 0.4) is 0 Å². The van der Waals surface area contributed by atoms with Crippen LogP contribution in [0.4, 0.5) is 0 Å². The number of nitrogens with zero attached hydrogens (tertiary/aromatic N) is 1. The molecule has 1 rings (SSSR count). The van der Waals surface area contributed by atoms with Crippen molar-refractivity contribution < 1.29 is 14.7 Å². The molecule has 1 amide bonds. The first-order chi connectivity index (χ1) is 9.04. The summed E-state index contributed by atoms with van der Waals surface area (Å²) in [6.45, 7) is 2.01. The molecule has 0 aliphatic carbocycles. The van der Waals surface area contributed by atoms with Crippen LogP contribution in [-0.2, 0) is 9.59 Å². The minimum atomic E-state index is -1.02. The van der Waals surface area contributed by atoms with Gasteiger partial charge in [-0.25, -0.2) is 0 Å². The quantitative estimate of drug-likeness (QED) is 0.816. The standard InChI is InChI=1S/C14H16ClNO3/c1-2-9-16(10-14(18)19)13(17)8-7-11-5-3-4-6-12(11)15/h3-8H,2,9-10H2,1H3,(H,18,19)/b8-7+. The highest BCUT2D eigenvalue weighted by molar-refractivity contribution is 6.32. The van der Waals surface area contributed by atoms with E-state index in [9.17, 15) is 9.59 Å². The number of halogens is 1. The van der Waals surface area contributed by atoms with Crippen LogP contribution in [-0.4, -0.2) is 35.0 Å². The molecule has 0 saturated carbocycles. The molecular weight excluding hydrogens is 266 g/mol. The molecule has 0 aromatic heterocycles. The molecule has 0 saturated heterocycles. The van der Waals surface area contributed by atoms with Crippen LogP contribution in [0, 0.1) is 0 Å². The topological polar surface area (TPSA) is 57.6 Å². The van der Waals surface area contributed by atoms with Gasteiger partial charge in [0, 0.05) is 17.6 Å². The smallest absolute Gasteiger partial charge is 0.323 e. The molecule has 1 aromatic carbocycles. The van der Waals surface area contributed by atoms with Crippen LogP contribution >= 0.6 is 11.6 Å². The summed E-state index contributed by atoms with van der Waals surface area (Å²) in [6.07, 6.45) is 3.65. The fourth-order valence-electron chi connectivity index (χ4n) is 1.58. The van der Waals surface area contributed by atoms with Gasteiger partial charge >= 0.3 is 5.97 Å². The lowest BCUT2D eigenvalue weighted by molar-refractivity contribution is -0.142. The Kier molecular flexibility index (Phi) is 6.09. The number of benzene rings is 1. The Morgan fingerprint density at radius 2 is 2.05 bits per heavy atom. The number of carbonyl (C=O) groups excluding carboxylic acids is 1. The van der Waals surface area contributed by atoms with Gasteiger partial charge in [0.25, 0.3) is 0 Å². The van der Waals surface area contributed by atoms with Crippen LogP contribution in [0.15, 0.2) is 30.3 Å². The minimum absolute atomic E-state index is 0.292. The number of carboxylic acids is 1. The second kappa shape index (κ2) is 7.59. The number of carboxylic acid groups (broad SMARTS) is 1. The average Bonchev–Trinajstić information content (AvgIpc) is 2.36. The third-order valence-corrected chi connectivity index (χ3v) is 2.79. The summed E-state index contributed by atoms with van der Waals surface area (Å²) in [6, 6.07) is 7.13. The van der Waals surface area contributed by atoms with Gasteiger partial charge in [-0.15, -0.1) is 0 Å². The first-order valence-electron chi connectivity index (χ1n) is 5.98. The van der Waals surface area contributed by atoms with E-state index in [2.05, 4.69) is 0 Å². The van der Waals surface area contributed by atoms with Crippen molar-refractivity contribution in [2.24, 2.45) is 0 Å². The lowest BCUT2D eigenvalue weighted by Crippen LogP contribution is -2.35. The zero-order valence-corrected chi connectivity index (χ0v) is 11.4. The normalized spacial score (nSPS) is 10.6. The highest BCUT2D eigenvalue weighted by atomic mass is 35.5. The molecule has 0 bridgehead atoms. The number of rotatable bonds is 6. The molecule has 0 aliphatic rings. The summed E-state index contributed by atoms with van der Waals surface area (Å²) in [5.41, 5.74) is 0.726. The molecule has 0 unspecified atom stereocenters. The van der Waals surface area contributed by atoms with E-state index in [0.29, 0.717) is 18.0 Å². The summed E-state index contributed by atoms with van der Waals surface area (Å²) in [4.78, 5) is 23.9. The van der Waals surface area contributed by atoms with E-state index in [0.717, 1.165) is 5.56 Å². The number of hydrogen-bond acceptors (Lipinski definition) is 2. The van der Waals surface area contributed by atoms with Gasteiger partial charge in [-0.2, -0.15) is 0 Å². The van der Waals surface area contributed by atoms with Gasteiger partial charge in [-0.05, 0) is 24.1 Å². The fourth-order valence-corrected chi connectivity index (χ4v) is 1.78. The van der Waals surface area contributed by atoms with Crippen molar-refractivity contribution in [3.63, 3.8) is 0 Å². The molecular formula is C14H16ClNO3. The van der Waals surface area contributed by atoms with Gasteiger partial charge < -0.3 is 10.0 Å². The molecule has 1 N–H and O–H groups in total. The zero-order chi connectivity index (χ0) is 14.3. The van der Waals surface area contributed by atoms with Gasteiger partial charge in [-0.3, -0.25) is 9.59 Å². The van der Waals surface area contributed by atoms with Gasteiger partial charge in [0.1, 0.15) is 6.54 Å². The Hall–Kier alpha value is -1.81. The van der Waals surface area contributed by atoms with E-state index in [1.54, 1.807) is 24.3 Å². The molecule has 5 heteroatoms. The van der Waals surface area contributed by atoms with Crippen molar-refractivity contribution in [1.29, 1.82) is 0 Å². The highest BCUT2D eigenvalue weighted by Gasteiger charge is 2.13. The first-order valence-corrected chi connectivity index (χ1v) is 6.35. The van der Waals surface area contributed by atoms with Crippen molar-refractivity contribution in [3.8, 4) is 0 Å². The molecule has 4 nitrogen and oxygen atoms in total. The van der Waals surface area contributed by atoms with Gasteiger partial charge in [0.2, 0.25) is 5.91 Å². The Bertz CT molecular complexity index is 485. The van der Waals surface area contributed by atoms with Crippen molar-refractivity contribution in [1.82, 2.24) is 4.90 Å². The SMILES string of the molecule is CCCN(CC(=O)O)C(=O)/C=C/c1ccccc1Cl. The maximum Gasteiger partial charge on any atom is 0.323 e. The van der Waals surface area contributed by atoms with E-state index in [-0.39, 0.29) is 12.5 Å². The molecule has 102 valence electrons. The van der Waals surface area contributed by atoms with Crippen molar-refractivity contribution in [2.75, 3.05) is 13.1 Å². The van der Waals surface area contributed by atoms with Crippen LogP contribution in [0.2, 0.25) is 5.02 Å². The second-order valence-electron chi connectivity index (χ2n) is 4.01. The molecule has 0 atom stereocenters. The molecule has 19 heavy (non-hydrogen) atoms. The maximum atomic E-state index is 11.9. The summed E-state index contributed by atoms with van der Waals surface area (Å²) in [5.74, 6) is -1.35. The predicted octanol–water partition coefficient (Wildman–Crippen LogP) is 2.68. The highest BCUT2D eigenvalue weighted by Crippen LogP contribution is 2.16. The summed E-state index contributed by atoms with van der Waals surface area (Å²) >= 11 is 5.96. The average molecular weight is 282 g/mol. The number of aliphatic carboxylic acids is 1. The number of carbonyl (C=O) groups is 2.